The van der Waals surface area contributed by atoms with Crippen molar-refractivity contribution in [1.82, 2.24) is 5.32 Å². The van der Waals surface area contributed by atoms with E-state index in [4.69, 9.17) is 0 Å². The van der Waals surface area contributed by atoms with Gasteiger partial charge in [0.1, 0.15) is 0 Å². The molecule has 1 heterocycles. The Bertz CT molecular complexity index is 591. The van der Waals surface area contributed by atoms with E-state index in [9.17, 15) is 0 Å². The quantitative estimate of drug-likeness (QED) is 0.909. The van der Waals surface area contributed by atoms with Gasteiger partial charge >= 0.3 is 0 Å². The topological polar surface area (TPSA) is 15.3 Å². The summed E-state index contributed by atoms with van der Waals surface area (Å²) in [5.41, 5.74) is 5.75. The molecule has 0 atom stereocenters. The van der Waals surface area contributed by atoms with Gasteiger partial charge in [-0.05, 0) is 35.6 Å². The Balaban J connectivity index is 1.56. The molecule has 2 heteroatoms. The Hall–Kier alpha value is -1.80. The summed E-state index contributed by atoms with van der Waals surface area (Å²) in [6.07, 6.45) is 2.69. The summed E-state index contributed by atoms with van der Waals surface area (Å²) in [6.45, 7) is 3.07. The fourth-order valence-electron chi connectivity index (χ4n) is 3.01. The number of nitrogens with zero attached hydrogens (tertiary/aromatic N) is 1. The van der Waals surface area contributed by atoms with Gasteiger partial charge in [-0.25, -0.2) is 0 Å². The molecule has 0 bridgehead atoms. The monoisotopic (exact) mass is 264 g/mol. The highest BCUT2D eigenvalue weighted by atomic mass is 15.1. The van der Waals surface area contributed by atoms with Crippen LogP contribution in [0.25, 0.3) is 0 Å². The molecule has 0 radical (unpaired) electrons. The number of anilines is 1. The van der Waals surface area contributed by atoms with E-state index in [0.29, 0.717) is 0 Å². The molecule has 102 valence electrons. The molecule has 0 amide bonds. The number of hydrogen-bond acceptors (Lipinski definition) is 2. The maximum atomic E-state index is 3.63. The summed E-state index contributed by atoms with van der Waals surface area (Å²) in [6, 6.07) is 18.4. The molecule has 1 aliphatic carbocycles. The van der Waals surface area contributed by atoms with Crippen LogP contribution in [0.5, 0.6) is 0 Å². The van der Waals surface area contributed by atoms with Gasteiger partial charge < -0.3 is 10.2 Å². The third-order valence-electron chi connectivity index (χ3n) is 4.33. The second kappa shape index (κ2) is 4.95. The molecule has 1 N–H and O–H groups in total. The lowest BCUT2D eigenvalue weighted by atomic mass is 10.1. The van der Waals surface area contributed by atoms with Gasteiger partial charge in [-0.3, -0.25) is 0 Å². The van der Waals surface area contributed by atoms with Gasteiger partial charge in [-0.1, -0.05) is 42.5 Å². The first-order valence-corrected chi connectivity index (χ1v) is 7.53. The van der Waals surface area contributed by atoms with Crippen molar-refractivity contribution in [2.75, 3.05) is 4.90 Å². The summed E-state index contributed by atoms with van der Waals surface area (Å²) in [4.78, 5) is 2.49. The lowest BCUT2D eigenvalue weighted by Crippen LogP contribution is -2.20. The van der Waals surface area contributed by atoms with Crippen molar-refractivity contribution >= 4 is 5.69 Å². The minimum atomic E-state index is 0.763. The minimum Gasteiger partial charge on any atom is -0.363 e. The highest BCUT2D eigenvalue weighted by molar-refractivity contribution is 5.57. The zero-order chi connectivity index (χ0) is 13.4. The number of para-hydroxylation sites is 1. The highest BCUT2D eigenvalue weighted by Crippen LogP contribution is 2.31. The summed E-state index contributed by atoms with van der Waals surface area (Å²) >= 11 is 0. The Labute approximate surface area is 120 Å². The van der Waals surface area contributed by atoms with E-state index < -0.39 is 0 Å². The minimum absolute atomic E-state index is 0.763. The second-order valence-electron chi connectivity index (χ2n) is 5.91. The first-order chi connectivity index (χ1) is 9.90. The maximum Gasteiger partial charge on any atom is 0.0436 e. The van der Waals surface area contributed by atoms with E-state index in [0.717, 1.165) is 25.7 Å². The van der Waals surface area contributed by atoms with E-state index in [1.54, 1.807) is 0 Å². The molecule has 1 saturated carbocycles. The molecule has 0 unspecified atom stereocenters. The predicted octanol–water partition coefficient (Wildman–Crippen LogP) is 3.46. The lowest BCUT2D eigenvalue weighted by molar-refractivity contribution is 0.684. The summed E-state index contributed by atoms with van der Waals surface area (Å²) in [5.74, 6) is 0. The molecular formula is C18H20N2. The number of rotatable bonds is 4. The average Bonchev–Trinajstić information content (AvgIpc) is 3.22. The molecule has 20 heavy (non-hydrogen) atoms. The first-order valence-electron chi connectivity index (χ1n) is 7.53. The van der Waals surface area contributed by atoms with E-state index in [-0.39, 0.29) is 0 Å². The van der Waals surface area contributed by atoms with Gasteiger partial charge in [-0.15, -0.1) is 0 Å². The van der Waals surface area contributed by atoms with E-state index in [2.05, 4.69) is 58.7 Å². The van der Waals surface area contributed by atoms with Crippen LogP contribution >= 0.6 is 0 Å². The van der Waals surface area contributed by atoms with Crippen LogP contribution in [0.15, 0.2) is 48.5 Å². The van der Waals surface area contributed by atoms with Gasteiger partial charge in [0.15, 0.2) is 0 Å². The van der Waals surface area contributed by atoms with Crippen molar-refractivity contribution in [1.29, 1.82) is 0 Å². The van der Waals surface area contributed by atoms with Crippen LogP contribution in [0.4, 0.5) is 5.69 Å². The zero-order valence-corrected chi connectivity index (χ0v) is 11.7. The van der Waals surface area contributed by atoms with Crippen molar-refractivity contribution in [3.05, 3.63) is 65.2 Å². The van der Waals surface area contributed by atoms with Gasteiger partial charge in [0.2, 0.25) is 0 Å². The predicted molar refractivity (Wildman–Crippen MR) is 82.6 cm³/mol. The number of hydrogen-bond donors (Lipinski definition) is 1. The van der Waals surface area contributed by atoms with E-state index >= 15 is 0 Å². The van der Waals surface area contributed by atoms with Crippen molar-refractivity contribution in [2.45, 2.75) is 38.5 Å². The van der Waals surface area contributed by atoms with Crippen LogP contribution in [-0.4, -0.2) is 6.04 Å². The smallest absolute Gasteiger partial charge is 0.0436 e. The molecular weight excluding hydrogens is 244 g/mol. The van der Waals surface area contributed by atoms with Gasteiger partial charge in [0.05, 0.1) is 0 Å². The zero-order valence-electron chi connectivity index (χ0n) is 11.7. The van der Waals surface area contributed by atoms with Crippen molar-refractivity contribution in [2.24, 2.45) is 0 Å². The van der Waals surface area contributed by atoms with Crippen LogP contribution < -0.4 is 10.2 Å². The summed E-state index contributed by atoms with van der Waals surface area (Å²) in [5, 5.41) is 3.63. The number of nitrogens with one attached hydrogen (secondary N) is 1. The molecule has 2 aromatic carbocycles. The van der Waals surface area contributed by atoms with Crippen molar-refractivity contribution in [3.63, 3.8) is 0 Å². The Kier molecular flexibility index (Phi) is 2.96. The number of fused-ring (bicyclic) bond motifs is 1. The van der Waals surface area contributed by atoms with Crippen molar-refractivity contribution in [3.8, 4) is 0 Å². The van der Waals surface area contributed by atoms with Crippen LogP contribution in [0.1, 0.15) is 29.5 Å². The molecule has 0 spiro atoms. The lowest BCUT2D eigenvalue weighted by Gasteiger charge is -2.21. The SMILES string of the molecule is c1ccc2c(c1)CN(c1ccccc1CNC1CC1)C2. The largest absolute Gasteiger partial charge is 0.363 e. The summed E-state index contributed by atoms with van der Waals surface area (Å²) < 4.78 is 0. The Morgan fingerprint density at radius 3 is 2.25 bits per heavy atom. The second-order valence-corrected chi connectivity index (χ2v) is 5.91. The molecule has 1 fully saturated rings. The molecule has 0 saturated heterocycles. The van der Waals surface area contributed by atoms with E-state index in [1.165, 1.54) is 35.2 Å². The third kappa shape index (κ3) is 2.32. The van der Waals surface area contributed by atoms with Gasteiger partial charge in [0, 0.05) is 31.4 Å². The van der Waals surface area contributed by atoms with Gasteiger partial charge in [0.25, 0.3) is 0 Å². The molecule has 4 rings (SSSR count). The first kappa shape index (κ1) is 12.0. The normalized spacial score (nSPS) is 17.3. The van der Waals surface area contributed by atoms with E-state index in [1.807, 2.05) is 0 Å². The van der Waals surface area contributed by atoms with Crippen LogP contribution in [0.2, 0.25) is 0 Å². The fraction of sp³-hybridized carbons (Fsp3) is 0.333. The highest BCUT2D eigenvalue weighted by Gasteiger charge is 2.23. The van der Waals surface area contributed by atoms with Crippen LogP contribution in [0, 0.1) is 0 Å². The molecule has 2 aliphatic rings. The fourth-order valence-corrected chi connectivity index (χ4v) is 3.01. The maximum absolute atomic E-state index is 3.63. The molecule has 2 aromatic rings. The summed E-state index contributed by atoms with van der Waals surface area (Å²) in [7, 11) is 0. The number of benzene rings is 2. The van der Waals surface area contributed by atoms with Gasteiger partial charge in [-0.2, -0.15) is 0 Å². The standard InChI is InChI=1S/C18H20N2/c1-2-7-16-13-20(12-15(16)6-1)18-8-4-3-5-14(18)11-19-17-9-10-17/h1-8,17,19H,9-13H2. The van der Waals surface area contributed by atoms with Crippen molar-refractivity contribution < 1.29 is 0 Å². The van der Waals surface area contributed by atoms with Crippen LogP contribution in [-0.2, 0) is 19.6 Å². The molecule has 0 aromatic heterocycles. The average molecular weight is 264 g/mol. The molecule has 2 nitrogen and oxygen atoms in total. The Morgan fingerprint density at radius 1 is 0.900 bits per heavy atom. The Morgan fingerprint density at radius 2 is 1.55 bits per heavy atom. The molecule has 1 aliphatic heterocycles. The van der Waals surface area contributed by atoms with Crippen LogP contribution in [0.3, 0.4) is 0 Å². The third-order valence-corrected chi connectivity index (χ3v) is 4.33.